The second kappa shape index (κ2) is 3.85. The van der Waals surface area contributed by atoms with E-state index in [1.54, 1.807) is 0 Å². The van der Waals surface area contributed by atoms with Gasteiger partial charge in [0.1, 0.15) is 0 Å². The van der Waals surface area contributed by atoms with Crippen LogP contribution in [0.4, 0.5) is 0 Å². The van der Waals surface area contributed by atoms with Gasteiger partial charge in [-0.2, -0.15) is 0 Å². The van der Waals surface area contributed by atoms with Gasteiger partial charge in [-0.1, -0.05) is 20.8 Å². The lowest BCUT2D eigenvalue weighted by atomic mass is 9.90. The van der Waals surface area contributed by atoms with Crippen molar-refractivity contribution in [1.29, 1.82) is 0 Å². The largest absolute Gasteiger partial charge is 0.318 e. The van der Waals surface area contributed by atoms with E-state index in [0.717, 1.165) is 6.54 Å². The second-order valence-corrected chi connectivity index (χ2v) is 3.15. The van der Waals surface area contributed by atoms with Crippen molar-refractivity contribution < 1.29 is 0 Å². The van der Waals surface area contributed by atoms with E-state index >= 15 is 0 Å². The molecule has 2 heteroatoms. The van der Waals surface area contributed by atoms with E-state index in [9.17, 15) is 0 Å². The number of hydrogen-bond acceptors (Lipinski definition) is 2. The number of hydrogen-bond donors (Lipinski definition) is 2. The van der Waals surface area contributed by atoms with E-state index in [1.165, 1.54) is 6.42 Å². The van der Waals surface area contributed by atoms with Gasteiger partial charge in [0.25, 0.3) is 0 Å². The summed E-state index contributed by atoms with van der Waals surface area (Å²) in [6.45, 7) is 8.26. The Bertz CT molecular complexity index is 69.3. The van der Waals surface area contributed by atoms with Gasteiger partial charge in [-0.25, -0.2) is 0 Å². The van der Waals surface area contributed by atoms with E-state index in [2.05, 4.69) is 26.1 Å². The van der Waals surface area contributed by atoms with Gasteiger partial charge >= 0.3 is 0 Å². The maximum absolute atomic E-state index is 5.28. The van der Waals surface area contributed by atoms with Crippen molar-refractivity contribution in [2.45, 2.75) is 27.2 Å². The molecule has 0 rings (SSSR count). The van der Waals surface area contributed by atoms with Gasteiger partial charge in [0, 0.05) is 13.2 Å². The van der Waals surface area contributed by atoms with Crippen LogP contribution in [0.3, 0.4) is 0 Å². The highest BCUT2D eigenvalue weighted by atomic mass is 15.0. The lowest BCUT2D eigenvalue weighted by Gasteiger charge is -2.22. The predicted octanol–water partition coefficient (Wildman–Crippen LogP) is 0.928. The molecule has 0 amide bonds. The Hall–Kier alpha value is -0.0800. The molecule has 0 aromatic rings. The average molecular weight is 130 g/mol. The monoisotopic (exact) mass is 130 g/mol. The second-order valence-electron chi connectivity index (χ2n) is 3.15. The summed E-state index contributed by atoms with van der Waals surface area (Å²) in [5.74, 6) is 0. The van der Waals surface area contributed by atoms with E-state index in [4.69, 9.17) is 5.73 Å². The van der Waals surface area contributed by atoms with Crippen LogP contribution in [0.5, 0.6) is 0 Å². The highest BCUT2D eigenvalue weighted by Crippen LogP contribution is 2.17. The van der Waals surface area contributed by atoms with Crippen LogP contribution in [0.25, 0.3) is 0 Å². The number of nitrogens with one attached hydrogen (secondary N) is 1. The van der Waals surface area contributed by atoms with Crippen molar-refractivity contribution in [2.75, 3.05) is 13.2 Å². The summed E-state index contributed by atoms with van der Waals surface area (Å²) < 4.78 is 0. The molecule has 0 bridgehead atoms. The van der Waals surface area contributed by atoms with Crippen molar-refractivity contribution in [3.63, 3.8) is 0 Å². The van der Waals surface area contributed by atoms with Crippen LogP contribution in [0.2, 0.25) is 0 Å². The van der Waals surface area contributed by atoms with Crippen LogP contribution in [-0.2, 0) is 0 Å². The number of nitrogens with two attached hydrogens (primary N) is 1. The lowest BCUT2D eigenvalue weighted by Crippen LogP contribution is -2.32. The van der Waals surface area contributed by atoms with E-state index < -0.39 is 0 Å². The first-order valence-electron chi connectivity index (χ1n) is 3.53. The van der Waals surface area contributed by atoms with Crippen molar-refractivity contribution in [3.8, 4) is 0 Å². The van der Waals surface area contributed by atoms with Gasteiger partial charge in [-0.3, -0.25) is 0 Å². The molecule has 0 aromatic heterocycles. The molecule has 3 N–H and O–H groups in total. The zero-order valence-electron chi connectivity index (χ0n) is 6.70. The highest BCUT2D eigenvalue weighted by molar-refractivity contribution is 4.67. The first-order valence-corrected chi connectivity index (χ1v) is 3.53. The SMILES string of the molecule is CCC(C)(C)CNCN. The lowest BCUT2D eigenvalue weighted by molar-refractivity contribution is 0.330. The van der Waals surface area contributed by atoms with Crippen LogP contribution < -0.4 is 11.1 Å². The molecule has 0 heterocycles. The van der Waals surface area contributed by atoms with Crippen LogP contribution in [-0.4, -0.2) is 13.2 Å². The van der Waals surface area contributed by atoms with Crippen molar-refractivity contribution in [2.24, 2.45) is 11.1 Å². The minimum Gasteiger partial charge on any atom is -0.318 e. The summed E-state index contributed by atoms with van der Waals surface area (Å²) in [5.41, 5.74) is 5.68. The Morgan fingerprint density at radius 2 is 2.00 bits per heavy atom. The fourth-order valence-corrected chi connectivity index (χ4v) is 0.536. The van der Waals surface area contributed by atoms with Gasteiger partial charge in [-0.15, -0.1) is 0 Å². The van der Waals surface area contributed by atoms with Gasteiger partial charge < -0.3 is 11.1 Å². The molecular formula is C7H18N2. The summed E-state index contributed by atoms with van der Waals surface area (Å²) >= 11 is 0. The van der Waals surface area contributed by atoms with Crippen molar-refractivity contribution >= 4 is 0 Å². The summed E-state index contributed by atoms with van der Waals surface area (Å²) in [6, 6.07) is 0. The van der Waals surface area contributed by atoms with Gasteiger partial charge in [0.05, 0.1) is 0 Å². The third-order valence-electron chi connectivity index (χ3n) is 1.70. The molecule has 0 aliphatic carbocycles. The number of rotatable bonds is 4. The first-order chi connectivity index (χ1) is 4.12. The third kappa shape index (κ3) is 4.43. The standard InChI is InChI=1S/C7H18N2/c1-4-7(2,3)5-9-6-8/h9H,4-6,8H2,1-3H3. The molecule has 0 aliphatic rings. The van der Waals surface area contributed by atoms with Gasteiger partial charge in [-0.05, 0) is 11.8 Å². The third-order valence-corrected chi connectivity index (χ3v) is 1.70. The van der Waals surface area contributed by atoms with Gasteiger partial charge in [0.15, 0.2) is 0 Å². The molecule has 0 spiro atoms. The minimum absolute atomic E-state index is 0.402. The van der Waals surface area contributed by atoms with Crippen LogP contribution in [0.15, 0.2) is 0 Å². The zero-order valence-corrected chi connectivity index (χ0v) is 6.70. The molecule has 9 heavy (non-hydrogen) atoms. The Kier molecular flexibility index (Phi) is 3.82. The molecule has 0 saturated carbocycles. The Morgan fingerprint density at radius 3 is 2.33 bits per heavy atom. The molecule has 0 aliphatic heterocycles. The molecule has 0 saturated heterocycles. The average Bonchev–Trinajstić information content (AvgIpc) is 1.84. The summed E-state index contributed by atoms with van der Waals surface area (Å²) in [4.78, 5) is 0. The molecule has 0 radical (unpaired) electrons. The predicted molar refractivity (Wildman–Crippen MR) is 41.1 cm³/mol. The molecule has 56 valence electrons. The Balaban J connectivity index is 3.33. The smallest absolute Gasteiger partial charge is 0.0428 e. The fourth-order valence-electron chi connectivity index (χ4n) is 0.536. The topological polar surface area (TPSA) is 38.0 Å². The zero-order chi connectivity index (χ0) is 7.33. The minimum atomic E-state index is 0.402. The van der Waals surface area contributed by atoms with E-state index in [0.29, 0.717) is 12.1 Å². The Morgan fingerprint density at radius 1 is 1.44 bits per heavy atom. The highest BCUT2D eigenvalue weighted by Gasteiger charge is 2.12. The summed E-state index contributed by atoms with van der Waals surface area (Å²) in [6.07, 6.45) is 1.19. The van der Waals surface area contributed by atoms with E-state index in [1.807, 2.05) is 0 Å². The molecule has 0 atom stereocenters. The van der Waals surface area contributed by atoms with Crippen molar-refractivity contribution in [3.05, 3.63) is 0 Å². The molecular weight excluding hydrogens is 112 g/mol. The normalized spacial score (nSPS) is 12.0. The van der Waals surface area contributed by atoms with Crippen molar-refractivity contribution in [1.82, 2.24) is 5.32 Å². The molecule has 0 fully saturated rings. The van der Waals surface area contributed by atoms with E-state index in [-0.39, 0.29) is 0 Å². The quantitative estimate of drug-likeness (QED) is 0.555. The summed E-state index contributed by atoms with van der Waals surface area (Å²) in [5, 5.41) is 3.12. The maximum Gasteiger partial charge on any atom is 0.0428 e. The first kappa shape index (κ1) is 8.92. The fraction of sp³-hybridized carbons (Fsp3) is 1.00. The van der Waals surface area contributed by atoms with Crippen LogP contribution in [0.1, 0.15) is 27.2 Å². The van der Waals surface area contributed by atoms with Gasteiger partial charge in [0.2, 0.25) is 0 Å². The molecule has 0 aromatic carbocycles. The summed E-state index contributed by atoms with van der Waals surface area (Å²) in [7, 11) is 0. The molecule has 0 unspecified atom stereocenters. The maximum atomic E-state index is 5.28. The van der Waals surface area contributed by atoms with Crippen LogP contribution in [0, 0.1) is 5.41 Å². The molecule has 2 nitrogen and oxygen atoms in total. The Labute approximate surface area is 57.8 Å². The van der Waals surface area contributed by atoms with Crippen LogP contribution >= 0.6 is 0 Å².